The van der Waals surface area contributed by atoms with Gasteiger partial charge >= 0.3 is 0 Å². The minimum absolute atomic E-state index is 0.00959. The highest BCUT2D eigenvalue weighted by atomic mass is 19.1. The van der Waals surface area contributed by atoms with E-state index in [0.29, 0.717) is 18.4 Å². The summed E-state index contributed by atoms with van der Waals surface area (Å²) in [6.45, 7) is 3.86. The molecule has 0 spiro atoms. The molecule has 2 aliphatic rings. The van der Waals surface area contributed by atoms with Gasteiger partial charge in [0.25, 0.3) is 0 Å². The van der Waals surface area contributed by atoms with Crippen LogP contribution >= 0.6 is 0 Å². The molecule has 0 saturated carbocycles. The van der Waals surface area contributed by atoms with E-state index in [-0.39, 0.29) is 29.8 Å². The van der Waals surface area contributed by atoms with Gasteiger partial charge in [-0.15, -0.1) is 0 Å². The molecule has 0 bridgehead atoms. The molecule has 5 rings (SSSR count). The fraction of sp³-hybridized carbons (Fsp3) is 0.241. The van der Waals surface area contributed by atoms with E-state index in [9.17, 15) is 14.0 Å². The van der Waals surface area contributed by atoms with Gasteiger partial charge in [0.1, 0.15) is 5.82 Å². The molecule has 34 heavy (non-hydrogen) atoms. The number of hydrogen-bond acceptors (Lipinski definition) is 3. The number of halogens is 1. The van der Waals surface area contributed by atoms with Crippen molar-refractivity contribution in [2.24, 2.45) is 0 Å². The fourth-order valence-corrected chi connectivity index (χ4v) is 5.07. The minimum Gasteiger partial charge on any atom is -0.357 e. The van der Waals surface area contributed by atoms with Crippen molar-refractivity contribution in [3.8, 4) is 0 Å². The quantitative estimate of drug-likeness (QED) is 0.495. The molecule has 3 aromatic carbocycles. The molecule has 0 unspecified atom stereocenters. The highest BCUT2D eigenvalue weighted by molar-refractivity contribution is 6.06. The number of benzene rings is 3. The van der Waals surface area contributed by atoms with Crippen molar-refractivity contribution in [3.05, 3.63) is 107 Å². The molecule has 1 amide bonds. The summed E-state index contributed by atoms with van der Waals surface area (Å²) in [6, 6.07) is 21.5. The predicted molar refractivity (Wildman–Crippen MR) is 132 cm³/mol. The molecule has 0 radical (unpaired) electrons. The van der Waals surface area contributed by atoms with Crippen LogP contribution in [0.4, 0.5) is 15.8 Å². The van der Waals surface area contributed by atoms with Crippen molar-refractivity contribution >= 4 is 23.1 Å². The Balaban J connectivity index is 1.69. The van der Waals surface area contributed by atoms with Crippen LogP contribution in [0.15, 0.2) is 84.1 Å². The van der Waals surface area contributed by atoms with Crippen LogP contribution in [0.1, 0.15) is 54.8 Å². The second kappa shape index (κ2) is 8.90. The van der Waals surface area contributed by atoms with Gasteiger partial charge in [0.05, 0.1) is 17.4 Å². The number of nitrogens with zero attached hydrogens (tertiary/aromatic N) is 1. The molecule has 172 valence electrons. The van der Waals surface area contributed by atoms with E-state index in [1.807, 2.05) is 38.1 Å². The number of Topliss-reactive ketones (excluding diaryl/α,β-unsaturated/α-hetero) is 1. The smallest absolute Gasteiger partial charge is 0.227 e. The van der Waals surface area contributed by atoms with Crippen molar-refractivity contribution in [3.63, 3.8) is 0 Å². The maximum atomic E-state index is 13.8. The van der Waals surface area contributed by atoms with Gasteiger partial charge in [-0.3, -0.25) is 14.5 Å². The molecule has 1 aliphatic carbocycles. The van der Waals surface area contributed by atoms with Crippen LogP contribution in [-0.2, 0) is 9.59 Å². The number of carbonyl (C=O) groups is 2. The predicted octanol–water partition coefficient (Wildman–Crippen LogP) is 6.44. The van der Waals surface area contributed by atoms with Crippen molar-refractivity contribution in [1.29, 1.82) is 0 Å². The first kappa shape index (κ1) is 22.1. The van der Waals surface area contributed by atoms with Crippen LogP contribution in [0.3, 0.4) is 0 Å². The number of allylic oxidation sites excluding steroid dienone is 1. The van der Waals surface area contributed by atoms with E-state index in [1.54, 1.807) is 17.0 Å². The third kappa shape index (κ3) is 3.92. The van der Waals surface area contributed by atoms with Crippen LogP contribution in [0, 0.1) is 12.7 Å². The zero-order valence-corrected chi connectivity index (χ0v) is 19.3. The van der Waals surface area contributed by atoms with Gasteiger partial charge in [0, 0.05) is 24.1 Å². The molecule has 2 atom stereocenters. The number of ketones is 1. The normalized spacial score (nSPS) is 19.7. The van der Waals surface area contributed by atoms with E-state index in [1.165, 1.54) is 17.7 Å². The summed E-state index contributed by atoms with van der Waals surface area (Å²) in [7, 11) is 0. The maximum Gasteiger partial charge on any atom is 0.227 e. The van der Waals surface area contributed by atoms with Crippen LogP contribution in [0.2, 0.25) is 0 Å². The minimum atomic E-state index is -0.620. The number of rotatable bonds is 3. The molecular formula is C29H27FN2O2. The monoisotopic (exact) mass is 454 g/mol. The molecule has 4 nitrogen and oxygen atoms in total. The van der Waals surface area contributed by atoms with Crippen molar-refractivity contribution in [2.75, 3.05) is 10.2 Å². The van der Waals surface area contributed by atoms with Crippen LogP contribution in [-0.4, -0.2) is 11.7 Å². The van der Waals surface area contributed by atoms with Crippen LogP contribution in [0.25, 0.3) is 0 Å². The maximum absolute atomic E-state index is 13.8. The molecule has 0 fully saturated rings. The standard InChI is InChI=1S/C29H27FN2O2/c1-3-27(34)32-25-7-5-4-6-23(25)31-24-16-21(19-10-8-18(2)9-11-19)17-26(33)28(24)29(32)20-12-14-22(30)15-13-20/h4-15,21,29,31H,3,16-17H2,1-2H3/t21-,29+/m1/s1. The zero-order chi connectivity index (χ0) is 23.8. The number of fused-ring (bicyclic) bond motifs is 1. The van der Waals surface area contributed by atoms with E-state index in [2.05, 4.69) is 29.6 Å². The van der Waals surface area contributed by atoms with Crippen molar-refractivity contribution in [2.45, 2.75) is 45.1 Å². The summed E-state index contributed by atoms with van der Waals surface area (Å²) in [6.07, 6.45) is 1.31. The highest BCUT2D eigenvalue weighted by Crippen LogP contribution is 2.47. The number of hydrogen-bond donors (Lipinski definition) is 1. The van der Waals surface area contributed by atoms with E-state index >= 15 is 0 Å². The van der Waals surface area contributed by atoms with Gasteiger partial charge in [-0.25, -0.2) is 4.39 Å². The van der Waals surface area contributed by atoms with Gasteiger partial charge in [-0.1, -0.05) is 61.0 Å². The Labute approximate surface area is 199 Å². The Kier molecular flexibility index (Phi) is 5.78. The Morgan fingerprint density at radius 3 is 2.35 bits per heavy atom. The first-order chi connectivity index (χ1) is 16.5. The lowest BCUT2D eigenvalue weighted by Gasteiger charge is -2.35. The van der Waals surface area contributed by atoms with Crippen molar-refractivity contribution in [1.82, 2.24) is 0 Å². The van der Waals surface area contributed by atoms with Gasteiger partial charge in [0.2, 0.25) is 5.91 Å². The third-order valence-corrected chi connectivity index (χ3v) is 6.79. The number of nitrogens with one attached hydrogen (secondary N) is 1. The zero-order valence-electron chi connectivity index (χ0n) is 19.3. The van der Waals surface area contributed by atoms with Crippen LogP contribution < -0.4 is 10.2 Å². The summed E-state index contributed by atoms with van der Waals surface area (Å²) in [4.78, 5) is 28.8. The second-order valence-corrected chi connectivity index (χ2v) is 9.04. The number of anilines is 2. The van der Waals surface area contributed by atoms with Gasteiger partial charge in [-0.05, 0) is 54.7 Å². The van der Waals surface area contributed by atoms with E-state index in [0.717, 1.165) is 28.2 Å². The molecule has 0 aromatic heterocycles. The molecule has 5 heteroatoms. The Hall–Kier alpha value is -3.73. The summed E-state index contributed by atoms with van der Waals surface area (Å²) in [5.74, 6) is -0.386. The lowest BCUT2D eigenvalue weighted by atomic mass is 9.78. The Bertz CT molecular complexity index is 1280. The fourth-order valence-electron chi connectivity index (χ4n) is 5.07. The summed E-state index contributed by atoms with van der Waals surface area (Å²) < 4.78 is 13.8. The summed E-state index contributed by atoms with van der Waals surface area (Å²) in [5.41, 5.74) is 5.96. The molecule has 3 aromatic rings. The average Bonchev–Trinajstić information content (AvgIpc) is 2.99. The summed E-state index contributed by atoms with van der Waals surface area (Å²) in [5, 5.41) is 3.51. The largest absolute Gasteiger partial charge is 0.357 e. The third-order valence-electron chi connectivity index (χ3n) is 6.79. The van der Waals surface area contributed by atoms with Gasteiger partial charge < -0.3 is 5.32 Å². The summed E-state index contributed by atoms with van der Waals surface area (Å²) >= 11 is 0. The highest BCUT2D eigenvalue weighted by Gasteiger charge is 2.41. The molecule has 1 aliphatic heterocycles. The number of amides is 1. The number of para-hydroxylation sites is 2. The molecular weight excluding hydrogens is 427 g/mol. The Morgan fingerprint density at radius 1 is 0.971 bits per heavy atom. The average molecular weight is 455 g/mol. The van der Waals surface area contributed by atoms with Gasteiger partial charge in [-0.2, -0.15) is 0 Å². The lowest BCUT2D eigenvalue weighted by molar-refractivity contribution is -0.119. The topological polar surface area (TPSA) is 49.4 Å². The van der Waals surface area contributed by atoms with Crippen LogP contribution in [0.5, 0.6) is 0 Å². The molecule has 1 N–H and O–H groups in total. The first-order valence-corrected chi connectivity index (χ1v) is 11.7. The number of aryl methyl sites for hydroxylation is 1. The van der Waals surface area contributed by atoms with E-state index < -0.39 is 6.04 Å². The lowest BCUT2D eigenvalue weighted by Crippen LogP contribution is -2.38. The Morgan fingerprint density at radius 2 is 1.65 bits per heavy atom. The second-order valence-electron chi connectivity index (χ2n) is 9.04. The van der Waals surface area contributed by atoms with Gasteiger partial charge in [0.15, 0.2) is 5.78 Å². The molecule has 1 heterocycles. The number of carbonyl (C=O) groups excluding carboxylic acids is 2. The van der Waals surface area contributed by atoms with E-state index in [4.69, 9.17) is 0 Å². The van der Waals surface area contributed by atoms with Crippen molar-refractivity contribution < 1.29 is 14.0 Å². The first-order valence-electron chi connectivity index (χ1n) is 11.7. The SMILES string of the molecule is CCC(=O)N1c2ccccc2NC2=C(C(=O)C[C@H](c3ccc(C)cc3)C2)[C@@H]1c1ccc(F)cc1. The molecule has 0 saturated heterocycles.